The number of aliphatic hydroxyl groups excluding tert-OH is 1. The van der Waals surface area contributed by atoms with E-state index in [2.05, 4.69) is 58.4 Å². The molecule has 6 aromatic rings. The van der Waals surface area contributed by atoms with E-state index in [4.69, 9.17) is 30.8 Å². The molecule has 2 aliphatic rings. The van der Waals surface area contributed by atoms with Gasteiger partial charge in [0.25, 0.3) is 0 Å². The number of halogens is 1. The van der Waals surface area contributed by atoms with Crippen molar-refractivity contribution in [1.29, 1.82) is 0 Å². The molecule has 3 aromatic carbocycles. The average Bonchev–Trinajstić information content (AvgIpc) is 4.21. The zero-order valence-electron chi connectivity index (χ0n) is 45.1. The standard InChI is InChI=1S/C58H69ClN8O8S2/c1-33-23-28-76-52(33)42-13-11-39(12-14-42)36(4)61-55(71)47-29-44(68)31-66(47)56(72)53(58(7,8)9)63-49(70)32-74-27-26-73-24-10-25-75-45-21-17-40(18-22-45)35(3)60-48(69)30-46-54-65-64-38(6)67(54)57-50(34(2)37(5)77-57)51(62-46)41-15-19-43(59)20-16-41/h11-23,28,35-36,44,46-47,53,68H,10,24-27,29-32H2,1-9H3,(H,60,69)(H,61,71)(H,63,70)/t35-,36-,44+,46-,47-,53+/m0/s1. The van der Waals surface area contributed by atoms with E-state index >= 15 is 0 Å². The number of aryl methyl sites for hydroxylation is 3. The van der Waals surface area contributed by atoms with Crippen LogP contribution in [-0.2, 0) is 28.7 Å². The van der Waals surface area contributed by atoms with Gasteiger partial charge in [-0.25, -0.2) is 0 Å². The summed E-state index contributed by atoms with van der Waals surface area (Å²) >= 11 is 9.62. The molecule has 1 saturated heterocycles. The molecule has 0 saturated carbocycles. The van der Waals surface area contributed by atoms with Crippen molar-refractivity contribution in [2.45, 2.75) is 118 Å². The van der Waals surface area contributed by atoms with Crippen LogP contribution in [0.1, 0.15) is 122 Å². The molecule has 6 atom stereocenters. The highest BCUT2D eigenvalue weighted by atomic mass is 35.5. The number of thiophene rings is 2. The van der Waals surface area contributed by atoms with Crippen LogP contribution in [0.15, 0.2) is 89.2 Å². The Labute approximate surface area is 463 Å². The van der Waals surface area contributed by atoms with Crippen LogP contribution >= 0.6 is 34.3 Å². The van der Waals surface area contributed by atoms with E-state index in [0.717, 1.165) is 49.9 Å². The first-order valence-corrected chi connectivity index (χ1v) is 28.1. The highest BCUT2D eigenvalue weighted by molar-refractivity contribution is 7.15. The number of hydrogen-bond acceptors (Lipinski definition) is 13. The van der Waals surface area contributed by atoms with Crippen molar-refractivity contribution in [3.8, 4) is 21.2 Å². The van der Waals surface area contributed by atoms with Crippen LogP contribution in [0.5, 0.6) is 5.75 Å². The zero-order valence-corrected chi connectivity index (χ0v) is 47.5. The van der Waals surface area contributed by atoms with Gasteiger partial charge in [0.1, 0.15) is 41.3 Å². The molecule has 19 heteroatoms. The van der Waals surface area contributed by atoms with Gasteiger partial charge < -0.3 is 40.2 Å². The van der Waals surface area contributed by atoms with Crippen molar-refractivity contribution in [2.24, 2.45) is 10.4 Å². The SMILES string of the molecule is Cc1ccsc1-c1ccc([C@H](C)NC(=O)[C@@H]2C[C@@H](O)CN2C(=O)[C@@H](NC(=O)COCCOCCCOc2ccc([C@H](C)NC(=O)C[C@@H]3N=C(c4ccc(Cl)cc4)c4c(sc(C)c4C)-n4c(C)nnc43)cc2)C(C)(C)C)cc1. The Morgan fingerprint density at radius 1 is 0.805 bits per heavy atom. The van der Waals surface area contributed by atoms with Crippen LogP contribution < -0.4 is 20.7 Å². The summed E-state index contributed by atoms with van der Waals surface area (Å²) in [7, 11) is 0. The minimum atomic E-state index is -0.977. The van der Waals surface area contributed by atoms with E-state index in [1.807, 2.05) is 119 Å². The fraction of sp³-hybridized carbons (Fsp3) is 0.431. The third-order valence-electron chi connectivity index (χ3n) is 14.0. The number of rotatable bonds is 21. The van der Waals surface area contributed by atoms with Gasteiger partial charge in [0.05, 0.1) is 50.1 Å². The number of ether oxygens (including phenoxy) is 3. The van der Waals surface area contributed by atoms with Crippen molar-refractivity contribution in [3.05, 3.63) is 139 Å². The van der Waals surface area contributed by atoms with Gasteiger partial charge in [0, 0.05) is 51.9 Å². The van der Waals surface area contributed by atoms with Gasteiger partial charge in [-0.2, -0.15) is 0 Å². The molecule has 0 bridgehead atoms. The molecule has 0 aliphatic carbocycles. The number of benzene rings is 3. The third kappa shape index (κ3) is 13.7. The number of β-amino-alcohol motifs (C(OH)–C–C–N with tert-alkyl or cyclic N) is 1. The summed E-state index contributed by atoms with van der Waals surface area (Å²) in [6, 6.07) is 22.3. The topological polar surface area (TPSA) is 199 Å². The van der Waals surface area contributed by atoms with Crippen molar-refractivity contribution < 1.29 is 38.5 Å². The molecule has 0 unspecified atom stereocenters. The normalized spacial score (nSPS) is 17.4. The van der Waals surface area contributed by atoms with Crippen LogP contribution in [0.4, 0.5) is 0 Å². The fourth-order valence-corrected chi connectivity index (χ4v) is 11.9. The lowest BCUT2D eigenvalue weighted by molar-refractivity contribution is -0.144. The van der Waals surface area contributed by atoms with E-state index in [9.17, 15) is 24.3 Å². The first kappa shape index (κ1) is 56.9. The van der Waals surface area contributed by atoms with E-state index in [1.54, 1.807) is 22.7 Å². The van der Waals surface area contributed by atoms with E-state index in [-0.39, 0.29) is 63.1 Å². The minimum absolute atomic E-state index is 0.0226. The molecule has 77 heavy (non-hydrogen) atoms. The molecule has 16 nitrogen and oxygen atoms in total. The third-order valence-corrected chi connectivity index (χ3v) is 16.5. The van der Waals surface area contributed by atoms with Crippen LogP contribution in [0.2, 0.25) is 5.02 Å². The van der Waals surface area contributed by atoms with Crippen LogP contribution in [0.3, 0.4) is 0 Å². The molecule has 2 aliphatic heterocycles. The van der Waals surface area contributed by atoms with Crippen molar-refractivity contribution >= 4 is 63.6 Å². The van der Waals surface area contributed by atoms with Gasteiger partial charge in [0.2, 0.25) is 23.6 Å². The second-order valence-corrected chi connectivity index (χ2v) is 23.4. The van der Waals surface area contributed by atoms with Gasteiger partial charge >= 0.3 is 0 Å². The summed E-state index contributed by atoms with van der Waals surface area (Å²) in [5.74, 6) is 0.554. The highest BCUT2D eigenvalue weighted by Crippen LogP contribution is 2.40. The number of carbonyl (C=O) groups is 4. The number of aliphatic imine (C=N–C) groups is 1. The van der Waals surface area contributed by atoms with Gasteiger partial charge in [0.15, 0.2) is 5.82 Å². The maximum atomic E-state index is 14.1. The zero-order chi connectivity index (χ0) is 55.1. The van der Waals surface area contributed by atoms with Crippen LogP contribution in [0, 0.1) is 33.1 Å². The van der Waals surface area contributed by atoms with Gasteiger partial charge in [-0.3, -0.25) is 28.7 Å². The molecule has 0 spiro atoms. The second-order valence-electron chi connectivity index (χ2n) is 20.9. The molecule has 4 amide bonds. The van der Waals surface area contributed by atoms with E-state index in [1.165, 1.54) is 20.2 Å². The minimum Gasteiger partial charge on any atom is -0.494 e. The first-order chi connectivity index (χ1) is 36.8. The Morgan fingerprint density at radius 3 is 2.14 bits per heavy atom. The number of aliphatic hydroxyl groups is 1. The summed E-state index contributed by atoms with van der Waals surface area (Å²) < 4.78 is 19.3. The second kappa shape index (κ2) is 25.0. The summed E-state index contributed by atoms with van der Waals surface area (Å²) in [6.07, 6.45) is -0.111. The summed E-state index contributed by atoms with van der Waals surface area (Å²) in [4.78, 5) is 63.6. The maximum Gasteiger partial charge on any atom is 0.246 e. The predicted molar refractivity (Wildman–Crippen MR) is 301 cm³/mol. The average molecular weight is 1110 g/mol. The number of carbonyl (C=O) groups excluding carboxylic acids is 4. The Bertz CT molecular complexity index is 3070. The summed E-state index contributed by atoms with van der Waals surface area (Å²) in [5.41, 5.74) is 7.25. The maximum absolute atomic E-state index is 14.1. The number of fused-ring (bicyclic) bond motifs is 3. The van der Waals surface area contributed by atoms with Gasteiger partial charge in [-0.05, 0) is 110 Å². The molecular formula is C58H69ClN8O8S2. The molecule has 3 aromatic heterocycles. The highest BCUT2D eigenvalue weighted by Gasteiger charge is 2.45. The molecule has 5 heterocycles. The van der Waals surface area contributed by atoms with Gasteiger partial charge in [-0.1, -0.05) is 80.9 Å². The predicted octanol–water partition coefficient (Wildman–Crippen LogP) is 9.28. The van der Waals surface area contributed by atoms with E-state index in [0.29, 0.717) is 36.2 Å². The molecule has 0 radical (unpaired) electrons. The summed E-state index contributed by atoms with van der Waals surface area (Å²) in [5, 5.41) is 32.3. The quantitative estimate of drug-likeness (QED) is 0.0504. The molecule has 8 rings (SSSR count). The monoisotopic (exact) mass is 1100 g/mol. The smallest absolute Gasteiger partial charge is 0.246 e. The Hall–Kier alpha value is -6.28. The fourth-order valence-electron chi connectivity index (χ4n) is 9.59. The number of hydrogen-bond donors (Lipinski definition) is 4. The number of aromatic nitrogens is 3. The lowest BCUT2D eigenvalue weighted by atomic mass is 9.85. The molecule has 4 N–H and O–H groups in total. The number of nitrogens with zero attached hydrogens (tertiary/aromatic N) is 5. The number of nitrogens with one attached hydrogen (secondary N) is 3. The van der Waals surface area contributed by atoms with Crippen molar-refractivity contribution in [3.63, 3.8) is 0 Å². The van der Waals surface area contributed by atoms with Gasteiger partial charge in [-0.15, -0.1) is 32.9 Å². The number of likely N-dealkylation sites (tertiary alicyclic amines) is 1. The van der Waals surface area contributed by atoms with Crippen LogP contribution in [0.25, 0.3) is 15.4 Å². The Morgan fingerprint density at radius 2 is 1.47 bits per heavy atom. The van der Waals surface area contributed by atoms with Crippen molar-refractivity contribution in [1.82, 2.24) is 35.6 Å². The Kier molecular flexibility index (Phi) is 18.5. The summed E-state index contributed by atoms with van der Waals surface area (Å²) in [6.45, 7) is 18.4. The van der Waals surface area contributed by atoms with E-state index < -0.39 is 41.5 Å². The lowest BCUT2D eigenvalue weighted by Gasteiger charge is -2.35. The lowest BCUT2D eigenvalue weighted by Crippen LogP contribution is -2.58. The van der Waals surface area contributed by atoms with Crippen LogP contribution in [-0.4, -0.2) is 112 Å². The number of amides is 4. The first-order valence-electron chi connectivity index (χ1n) is 26.0. The molecule has 408 valence electrons. The molecular weight excluding hydrogens is 1040 g/mol. The van der Waals surface area contributed by atoms with Crippen molar-refractivity contribution in [2.75, 3.05) is 39.6 Å². The largest absolute Gasteiger partial charge is 0.494 e. The Balaban J connectivity index is 0.739. The molecule has 1 fully saturated rings.